The first-order valence-electron chi connectivity index (χ1n) is 10.1. The summed E-state index contributed by atoms with van der Waals surface area (Å²) in [6.45, 7) is 3.17. The Balaban J connectivity index is 1.28. The SMILES string of the molecule is O=S(=O)(CCCCCN1CCc2ccccc2C1)c1cccc2ccccc12. The summed E-state index contributed by atoms with van der Waals surface area (Å²) < 4.78 is 25.7. The van der Waals surface area contributed by atoms with Crippen LogP contribution in [0.15, 0.2) is 71.6 Å². The maximum Gasteiger partial charge on any atom is 0.178 e. The Morgan fingerprint density at radius 2 is 1.54 bits per heavy atom. The molecule has 0 bridgehead atoms. The molecule has 3 aromatic carbocycles. The van der Waals surface area contributed by atoms with Crippen LogP contribution in [0.5, 0.6) is 0 Å². The van der Waals surface area contributed by atoms with E-state index in [4.69, 9.17) is 0 Å². The highest BCUT2D eigenvalue weighted by Gasteiger charge is 2.18. The van der Waals surface area contributed by atoms with Crippen molar-refractivity contribution in [2.75, 3.05) is 18.8 Å². The van der Waals surface area contributed by atoms with Crippen LogP contribution in [0.2, 0.25) is 0 Å². The van der Waals surface area contributed by atoms with Gasteiger partial charge in [-0.25, -0.2) is 8.42 Å². The molecule has 0 spiro atoms. The number of rotatable bonds is 7. The zero-order chi connectivity index (χ0) is 19.4. The van der Waals surface area contributed by atoms with Crippen molar-refractivity contribution in [1.82, 2.24) is 4.90 Å². The number of sulfone groups is 1. The molecule has 0 atom stereocenters. The molecule has 1 heterocycles. The first-order chi connectivity index (χ1) is 13.6. The minimum absolute atomic E-state index is 0.226. The summed E-state index contributed by atoms with van der Waals surface area (Å²) in [5, 5.41) is 1.81. The zero-order valence-electron chi connectivity index (χ0n) is 16.2. The lowest BCUT2D eigenvalue weighted by Crippen LogP contribution is -2.31. The number of benzene rings is 3. The number of fused-ring (bicyclic) bond motifs is 2. The molecule has 0 saturated carbocycles. The van der Waals surface area contributed by atoms with E-state index >= 15 is 0 Å². The molecular weight excluding hydrogens is 366 g/mol. The van der Waals surface area contributed by atoms with E-state index in [1.54, 1.807) is 6.07 Å². The van der Waals surface area contributed by atoms with Crippen molar-refractivity contribution < 1.29 is 8.42 Å². The van der Waals surface area contributed by atoms with Gasteiger partial charge in [-0.1, -0.05) is 67.1 Å². The van der Waals surface area contributed by atoms with Crippen LogP contribution in [0.4, 0.5) is 0 Å². The average Bonchev–Trinajstić information content (AvgIpc) is 2.73. The van der Waals surface area contributed by atoms with Crippen molar-refractivity contribution in [1.29, 1.82) is 0 Å². The second-order valence-electron chi connectivity index (χ2n) is 7.65. The van der Waals surface area contributed by atoms with Gasteiger partial charge in [0.05, 0.1) is 10.6 Å². The average molecular weight is 394 g/mol. The molecule has 1 aliphatic heterocycles. The molecule has 0 unspecified atom stereocenters. The van der Waals surface area contributed by atoms with Gasteiger partial charge in [-0.05, 0) is 48.4 Å². The van der Waals surface area contributed by atoms with Crippen molar-refractivity contribution in [3.8, 4) is 0 Å². The summed E-state index contributed by atoms with van der Waals surface area (Å²) in [5.74, 6) is 0.226. The molecule has 28 heavy (non-hydrogen) atoms. The van der Waals surface area contributed by atoms with Crippen LogP contribution in [-0.4, -0.2) is 32.2 Å². The van der Waals surface area contributed by atoms with E-state index in [0.29, 0.717) is 4.90 Å². The van der Waals surface area contributed by atoms with Crippen LogP contribution in [-0.2, 0) is 22.8 Å². The first kappa shape index (κ1) is 19.2. The number of hydrogen-bond acceptors (Lipinski definition) is 3. The zero-order valence-corrected chi connectivity index (χ0v) is 17.0. The van der Waals surface area contributed by atoms with Gasteiger partial charge in [-0.2, -0.15) is 0 Å². The summed E-state index contributed by atoms with van der Waals surface area (Å²) in [5.41, 5.74) is 2.91. The van der Waals surface area contributed by atoms with Crippen LogP contribution >= 0.6 is 0 Å². The molecule has 0 fully saturated rings. The minimum atomic E-state index is -3.25. The highest BCUT2D eigenvalue weighted by Crippen LogP contribution is 2.24. The summed E-state index contributed by atoms with van der Waals surface area (Å²) in [6, 6.07) is 21.9. The maximum atomic E-state index is 12.8. The molecule has 0 aromatic heterocycles. The molecule has 0 radical (unpaired) electrons. The predicted octanol–water partition coefficient (Wildman–Crippen LogP) is 4.84. The van der Waals surface area contributed by atoms with Crippen molar-refractivity contribution in [2.24, 2.45) is 0 Å². The Morgan fingerprint density at radius 3 is 2.43 bits per heavy atom. The Hall–Kier alpha value is -2.17. The maximum absolute atomic E-state index is 12.8. The van der Waals surface area contributed by atoms with Crippen molar-refractivity contribution in [3.05, 3.63) is 77.9 Å². The van der Waals surface area contributed by atoms with Gasteiger partial charge in [0, 0.05) is 18.5 Å². The Morgan fingerprint density at radius 1 is 0.786 bits per heavy atom. The van der Waals surface area contributed by atoms with Crippen LogP contribution in [0.3, 0.4) is 0 Å². The quantitative estimate of drug-likeness (QED) is 0.539. The van der Waals surface area contributed by atoms with Gasteiger partial charge in [0.1, 0.15) is 0 Å². The summed E-state index contributed by atoms with van der Waals surface area (Å²) in [6.07, 6.45) is 3.83. The smallest absolute Gasteiger partial charge is 0.178 e. The van der Waals surface area contributed by atoms with E-state index in [1.807, 2.05) is 36.4 Å². The molecule has 0 amide bonds. The molecule has 146 valence electrons. The fourth-order valence-electron chi connectivity index (χ4n) is 4.13. The van der Waals surface area contributed by atoms with Gasteiger partial charge >= 0.3 is 0 Å². The van der Waals surface area contributed by atoms with Gasteiger partial charge in [0.25, 0.3) is 0 Å². The monoisotopic (exact) mass is 393 g/mol. The van der Waals surface area contributed by atoms with E-state index in [2.05, 4.69) is 29.2 Å². The van der Waals surface area contributed by atoms with Gasteiger partial charge in [0.15, 0.2) is 9.84 Å². The first-order valence-corrected chi connectivity index (χ1v) is 11.8. The van der Waals surface area contributed by atoms with Crippen LogP contribution in [0.1, 0.15) is 30.4 Å². The molecule has 0 saturated heterocycles. The lowest BCUT2D eigenvalue weighted by Gasteiger charge is -2.28. The van der Waals surface area contributed by atoms with E-state index in [1.165, 1.54) is 11.1 Å². The second-order valence-corrected chi connectivity index (χ2v) is 9.73. The molecule has 3 aromatic rings. The third-order valence-corrected chi connectivity index (χ3v) is 7.53. The van der Waals surface area contributed by atoms with Crippen LogP contribution in [0, 0.1) is 0 Å². The standard InChI is InChI=1S/C24H27NO2S/c26-28(27,24-14-8-12-21-10-4-5-13-23(21)24)18-7-1-6-16-25-17-15-20-9-2-3-11-22(20)19-25/h2-5,8-14H,1,6-7,15-19H2. The van der Waals surface area contributed by atoms with Gasteiger partial charge in [-0.3, -0.25) is 4.90 Å². The third kappa shape index (κ3) is 4.29. The molecule has 4 rings (SSSR count). The molecule has 1 aliphatic rings. The lowest BCUT2D eigenvalue weighted by atomic mass is 10.00. The molecule has 4 heteroatoms. The normalized spacial score (nSPS) is 14.9. The topological polar surface area (TPSA) is 37.4 Å². The van der Waals surface area contributed by atoms with Crippen molar-refractivity contribution in [3.63, 3.8) is 0 Å². The largest absolute Gasteiger partial charge is 0.299 e. The highest BCUT2D eigenvalue weighted by molar-refractivity contribution is 7.91. The Kier molecular flexibility index (Phi) is 5.79. The number of hydrogen-bond donors (Lipinski definition) is 0. The van der Waals surface area contributed by atoms with Crippen LogP contribution in [0.25, 0.3) is 10.8 Å². The predicted molar refractivity (Wildman–Crippen MR) is 115 cm³/mol. The summed E-state index contributed by atoms with van der Waals surface area (Å²) in [4.78, 5) is 2.96. The van der Waals surface area contributed by atoms with Crippen LogP contribution < -0.4 is 0 Å². The molecular formula is C24H27NO2S. The van der Waals surface area contributed by atoms with E-state index in [0.717, 1.165) is 56.1 Å². The lowest BCUT2D eigenvalue weighted by molar-refractivity contribution is 0.249. The van der Waals surface area contributed by atoms with Crippen molar-refractivity contribution >= 4 is 20.6 Å². The Labute approximate surface area is 167 Å². The second kappa shape index (κ2) is 8.46. The van der Waals surface area contributed by atoms with Gasteiger partial charge < -0.3 is 0 Å². The number of unbranched alkanes of at least 4 members (excludes halogenated alkanes) is 2. The third-order valence-electron chi connectivity index (χ3n) is 5.68. The molecule has 0 N–H and O–H groups in total. The summed E-state index contributed by atoms with van der Waals surface area (Å²) in [7, 11) is -3.25. The summed E-state index contributed by atoms with van der Waals surface area (Å²) >= 11 is 0. The Bertz CT molecular complexity index is 1050. The van der Waals surface area contributed by atoms with E-state index in [-0.39, 0.29) is 5.75 Å². The molecule has 3 nitrogen and oxygen atoms in total. The van der Waals surface area contributed by atoms with Gasteiger partial charge in [0.2, 0.25) is 0 Å². The highest BCUT2D eigenvalue weighted by atomic mass is 32.2. The van der Waals surface area contributed by atoms with E-state index < -0.39 is 9.84 Å². The number of nitrogens with zero attached hydrogens (tertiary/aromatic N) is 1. The van der Waals surface area contributed by atoms with E-state index in [9.17, 15) is 8.42 Å². The molecule has 0 aliphatic carbocycles. The van der Waals surface area contributed by atoms with Gasteiger partial charge in [-0.15, -0.1) is 0 Å². The van der Waals surface area contributed by atoms with Crippen molar-refractivity contribution in [2.45, 2.75) is 37.1 Å². The fourth-order valence-corrected chi connectivity index (χ4v) is 5.74. The minimum Gasteiger partial charge on any atom is -0.299 e. The fraction of sp³-hybridized carbons (Fsp3) is 0.333.